The molecule has 0 aliphatic rings. The second-order valence-electron chi connectivity index (χ2n) is 0.415. The summed E-state index contributed by atoms with van der Waals surface area (Å²) >= 11 is -5.12. The van der Waals surface area contributed by atoms with Crippen molar-refractivity contribution in [2.45, 2.75) is 0 Å². The molecule has 0 aromatic carbocycles. The van der Waals surface area contributed by atoms with Crippen molar-refractivity contribution in [1.29, 1.82) is 0 Å². The standard InChI is InChI=1S/K.Mn.3H2O.2O/h;;3*1H2;;/q+1;+2;;;;;/p-3. The topological polar surface area (TPSA) is 105 Å². The molecule has 0 saturated heterocycles. The minimum absolute atomic E-state index is 0. The van der Waals surface area contributed by atoms with E-state index in [2.05, 4.69) is 0 Å². The van der Waals surface area contributed by atoms with Crippen LogP contribution in [0.15, 0.2) is 0 Å². The van der Waals surface area contributed by atoms with E-state index in [4.69, 9.17) is 16.0 Å². The minimum atomic E-state index is -5.12. The Hall–Kier alpha value is 1.64. The Morgan fingerprint density at radius 3 is 1.14 bits per heavy atom. The summed E-state index contributed by atoms with van der Waals surface area (Å²) in [5.41, 5.74) is 0. The van der Waals surface area contributed by atoms with Crippen molar-refractivity contribution in [2.75, 3.05) is 0 Å². The van der Waals surface area contributed by atoms with Gasteiger partial charge in [-0.15, -0.1) is 0 Å². The first-order valence-electron chi connectivity index (χ1n) is 0.647. The van der Waals surface area contributed by atoms with Gasteiger partial charge < -0.3 is 5.48 Å². The zero-order valence-electron chi connectivity index (χ0n) is 3.54. The van der Waals surface area contributed by atoms with E-state index in [1.54, 1.807) is 0 Å². The van der Waals surface area contributed by atoms with Crippen LogP contribution >= 0.6 is 0 Å². The van der Waals surface area contributed by atoms with E-state index in [0.29, 0.717) is 0 Å². The van der Waals surface area contributed by atoms with Gasteiger partial charge >= 0.3 is 80.8 Å². The molecule has 0 spiro atoms. The molecule has 0 amide bonds. The molecular weight excluding hydrogens is 174 g/mol. The van der Waals surface area contributed by atoms with Gasteiger partial charge in [-0.05, 0) is 0 Å². The van der Waals surface area contributed by atoms with Gasteiger partial charge in [0, 0.05) is 0 Å². The molecule has 0 rings (SSSR count). The van der Waals surface area contributed by atoms with E-state index in [-0.39, 0.29) is 56.9 Å². The van der Waals surface area contributed by atoms with Crippen LogP contribution in [0.5, 0.6) is 0 Å². The molecule has 0 aromatic rings. The van der Waals surface area contributed by atoms with Crippen molar-refractivity contribution in [3.8, 4) is 0 Å². The van der Waals surface area contributed by atoms with E-state index in [0.717, 1.165) is 0 Å². The molecule has 0 aliphatic carbocycles. The molecule has 0 aliphatic heterocycles. The molecule has 5 nitrogen and oxygen atoms in total. The average molecular weight is 177 g/mol. The molecular formula is H3KMnO5. The van der Waals surface area contributed by atoms with Crippen molar-refractivity contribution >= 4 is 0 Å². The summed E-state index contributed by atoms with van der Waals surface area (Å²) in [4.78, 5) is 0. The first-order valence-corrected chi connectivity index (χ1v) is 2.67. The molecule has 0 radical (unpaired) electrons. The quantitative estimate of drug-likeness (QED) is 0.362. The van der Waals surface area contributed by atoms with Crippen LogP contribution in [0.3, 0.4) is 0 Å². The van der Waals surface area contributed by atoms with Gasteiger partial charge in [-0.3, -0.25) is 0 Å². The van der Waals surface area contributed by atoms with Gasteiger partial charge in [0.2, 0.25) is 0 Å². The Bertz CT molecular complexity index is 91.2. The van der Waals surface area contributed by atoms with Crippen molar-refractivity contribution in [3.05, 3.63) is 0 Å². The third-order valence-corrected chi connectivity index (χ3v) is 0. The fourth-order valence-electron chi connectivity index (χ4n) is 0. The van der Waals surface area contributed by atoms with Crippen LogP contribution in [-0.4, -0.2) is 13.9 Å². The van der Waals surface area contributed by atoms with Crippen LogP contribution in [0.4, 0.5) is 0 Å². The normalized spacial score (nSPS) is 8.29. The molecule has 41 valence electrons. The second-order valence-corrected chi connectivity index (χ2v) is 1.71. The van der Waals surface area contributed by atoms with Gasteiger partial charge in [-0.25, -0.2) is 0 Å². The summed E-state index contributed by atoms with van der Waals surface area (Å²) in [7, 11) is 0. The third kappa shape index (κ3) is 90.6. The Morgan fingerprint density at radius 2 is 1.14 bits per heavy atom. The molecule has 7 heavy (non-hydrogen) atoms. The molecule has 0 fully saturated rings. The van der Waals surface area contributed by atoms with E-state index in [1.807, 2.05) is 0 Å². The molecule has 0 bridgehead atoms. The van der Waals surface area contributed by atoms with Crippen molar-refractivity contribution in [3.63, 3.8) is 0 Å². The summed E-state index contributed by atoms with van der Waals surface area (Å²) in [5.74, 6) is 0. The fraction of sp³-hybridized carbons (Fsp3) is 0. The summed E-state index contributed by atoms with van der Waals surface area (Å²) in [6.45, 7) is 0. The third-order valence-electron chi connectivity index (χ3n) is 0. The van der Waals surface area contributed by atoms with Crippen LogP contribution in [0, 0.1) is 0 Å². The predicted molar refractivity (Wildman–Crippen MR) is 7.75 cm³/mol. The molecule has 0 saturated carbocycles. The Labute approximate surface area is 84.7 Å². The molecule has 0 unspecified atom stereocenters. The summed E-state index contributed by atoms with van der Waals surface area (Å²) in [5, 5.41) is 0. The molecule has 0 atom stereocenters. The second kappa shape index (κ2) is 5.77. The van der Waals surface area contributed by atoms with Crippen molar-refractivity contribution in [1.82, 2.24) is 0 Å². The maximum absolute atomic E-state index is 8.80. The zero-order valence-corrected chi connectivity index (χ0v) is 7.84. The maximum atomic E-state index is 8.80. The summed E-state index contributed by atoms with van der Waals surface area (Å²) in [6, 6.07) is 0. The van der Waals surface area contributed by atoms with Gasteiger partial charge in [-0.2, -0.15) is 0 Å². The van der Waals surface area contributed by atoms with Crippen molar-refractivity contribution < 1.29 is 86.3 Å². The van der Waals surface area contributed by atoms with Crippen LogP contribution in [-0.2, 0) is 21.0 Å². The monoisotopic (exact) mass is 177 g/mol. The Morgan fingerprint density at radius 1 is 1.14 bits per heavy atom. The number of rotatable bonds is 0. The first-order chi connectivity index (χ1) is 2.00. The van der Waals surface area contributed by atoms with E-state index in [9.17, 15) is 0 Å². The number of hydrogen-bond acceptors (Lipinski definition) is 3. The molecule has 0 heterocycles. The SMILES string of the molecule is [K+].[OH-].[O]=[Mn](=[O])([OH])[OH]. The first kappa shape index (κ1) is 15.9. The van der Waals surface area contributed by atoms with Crippen LogP contribution in [0.25, 0.3) is 0 Å². The van der Waals surface area contributed by atoms with Gasteiger partial charge in [0.05, 0.1) is 0 Å². The molecule has 0 aromatic heterocycles. The van der Waals surface area contributed by atoms with E-state index < -0.39 is 13.4 Å². The van der Waals surface area contributed by atoms with Gasteiger partial charge in [0.1, 0.15) is 0 Å². The number of hydrogen-bond donors (Lipinski definition) is 2. The summed E-state index contributed by atoms with van der Waals surface area (Å²) < 4.78 is 31.8. The van der Waals surface area contributed by atoms with Crippen molar-refractivity contribution in [2.24, 2.45) is 0 Å². The van der Waals surface area contributed by atoms with E-state index >= 15 is 0 Å². The fourth-order valence-corrected chi connectivity index (χ4v) is 0. The summed E-state index contributed by atoms with van der Waals surface area (Å²) in [6.07, 6.45) is 0. The molecule has 3 N–H and O–H groups in total. The van der Waals surface area contributed by atoms with Crippen LogP contribution in [0.2, 0.25) is 0 Å². The average Bonchev–Trinajstić information content (AvgIpc) is 0.722. The Balaban J connectivity index is -0.0000000800. The van der Waals surface area contributed by atoms with Crippen LogP contribution < -0.4 is 51.4 Å². The van der Waals surface area contributed by atoms with Gasteiger partial charge in [0.15, 0.2) is 0 Å². The van der Waals surface area contributed by atoms with Crippen LogP contribution in [0.1, 0.15) is 0 Å². The van der Waals surface area contributed by atoms with Gasteiger partial charge in [0.25, 0.3) is 0 Å². The Kier molecular flexibility index (Phi) is 13.1. The van der Waals surface area contributed by atoms with E-state index in [1.165, 1.54) is 0 Å². The zero-order chi connectivity index (χ0) is 4.50. The molecule has 7 heteroatoms. The predicted octanol–water partition coefficient (Wildman–Crippen LogP) is -4.53. The van der Waals surface area contributed by atoms with Gasteiger partial charge in [-0.1, -0.05) is 0 Å².